The number of rotatable bonds is 9. The van der Waals surface area contributed by atoms with Crippen LogP contribution in [0.1, 0.15) is 42.5 Å². The highest BCUT2D eigenvalue weighted by Crippen LogP contribution is 2.26. The van der Waals surface area contributed by atoms with Gasteiger partial charge in [-0.3, -0.25) is 9.59 Å². The fraction of sp³-hybridized carbons (Fsp3) is 0.417. The van der Waals surface area contributed by atoms with Crippen molar-refractivity contribution in [3.8, 4) is 5.75 Å². The van der Waals surface area contributed by atoms with E-state index in [0.29, 0.717) is 25.3 Å². The van der Waals surface area contributed by atoms with Gasteiger partial charge >= 0.3 is 0 Å². The smallest absolute Gasteiger partial charge is 0.261 e. The normalized spacial score (nSPS) is 11.7. The zero-order valence-corrected chi connectivity index (χ0v) is 20.0. The molecule has 0 radical (unpaired) electrons. The number of carbonyl (C=O) groups excluding carboxylic acids is 2. The minimum Gasteiger partial charge on any atom is -0.484 e. The molecule has 0 heterocycles. The highest BCUT2D eigenvalue weighted by Gasteiger charge is 2.28. The number of nitrogens with zero attached hydrogens (tertiary/aromatic N) is 1. The number of hydrogen-bond donors (Lipinski definition) is 1. The molecular formula is C24H31BrN2O3. The summed E-state index contributed by atoms with van der Waals surface area (Å²) in [4.78, 5) is 27.4. The van der Waals surface area contributed by atoms with Crippen molar-refractivity contribution in [1.82, 2.24) is 10.2 Å². The molecule has 1 N–H and O–H groups in total. The SMILES string of the molecule is CCNC(=O)C(CC)N(Cc1ccc(C)cc1)C(=O)COc1cc(C)c(Br)c(C)c1. The van der Waals surface area contributed by atoms with Crippen molar-refractivity contribution in [1.29, 1.82) is 0 Å². The Hall–Kier alpha value is -2.34. The van der Waals surface area contributed by atoms with E-state index >= 15 is 0 Å². The first-order chi connectivity index (χ1) is 14.3. The van der Waals surface area contributed by atoms with E-state index < -0.39 is 6.04 Å². The van der Waals surface area contributed by atoms with Crippen LogP contribution in [0.25, 0.3) is 0 Å². The second kappa shape index (κ2) is 11.2. The maximum Gasteiger partial charge on any atom is 0.261 e. The van der Waals surface area contributed by atoms with Gasteiger partial charge in [-0.1, -0.05) is 52.7 Å². The largest absolute Gasteiger partial charge is 0.484 e. The van der Waals surface area contributed by atoms with Gasteiger partial charge in [0.05, 0.1) is 0 Å². The highest BCUT2D eigenvalue weighted by atomic mass is 79.9. The lowest BCUT2D eigenvalue weighted by molar-refractivity contribution is -0.142. The number of ether oxygens (including phenoxy) is 1. The summed E-state index contributed by atoms with van der Waals surface area (Å²) in [5.41, 5.74) is 4.22. The summed E-state index contributed by atoms with van der Waals surface area (Å²) in [6.07, 6.45) is 0.528. The number of aryl methyl sites for hydroxylation is 3. The van der Waals surface area contributed by atoms with Crippen LogP contribution in [-0.2, 0) is 16.1 Å². The number of benzene rings is 2. The molecule has 2 amide bonds. The standard InChI is InChI=1S/C24H31BrN2O3/c1-6-21(24(29)26-7-2)27(14-19-10-8-16(3)9-11-19)22(28)15-30-20-12-17(4)23(25)18(5)13-20/h8-13,21H,6-7,14-15H2,1-5H3,(H,26,29). The van der Waals surface area contributed by atoms with Crippen molar-refractivity contribution >= 4 is 27.7 Å². The molecule has 5 nitrogen and oxygen atoms in total. The van der Waals surface area contributed by atoms with E-state index in [-0.39, 0.29) is 18.4 Å². The van der Waals surface area contributed by atoms with Crippen LogP contribution in [0.3, 0.4) is 0 Å². The lowest BCUT2D eigenvalue weighted by Crippen LogP contribution is -2.50. The third-order valence-corrected chi connectivity index (χ3v) is 6.23. The summed E-state index contributed by atoms with van der Waals surface area (Å²) in [7, 11) is 0. The zero-order valence-electron chi connectivity index (χ0n) is 18.4. The minimum atomic E-state index is -0.546. The molecule has 1 unspecified atom stereocenters. The van der Waals surface area contributed by atoms with Crippen molar-refractivity contribution in [3.63, 3.8) is 0 Å². The molecule has 2 aromatic rings. The van der Waals surface area contributed by atoms with Crippen molar-refractivity contribution in [3.05, 3.63) is 63.1 Å². The van der Waals surface area contributed by atoms with E-state index in [9.17, 15) is 9.59 Å². The number of halogens is 1. The van der Waals surface area contributed by atoms with E-state index in [1.807, 2.05) is 71.0 Å². The first kappa shape index (κ1) is 23.9. The Morgan fingerprint density at radius 2 is 1.67 bits per heavy atom. The van der Waals surface area contributed by atoms with E-state index in [0.717, 1.165) is 26.7 Å². The molecule has 162 valence electrons. The minimum absolute atomic E-state index is 0.123. The average molecular weight is 475 g/mol. The number of nitrogens with one attached hydrogen (secondary N) is 1. The molecule has 6 heteroatoms. The molecule has 0 aliphatic heterocycles. The average Bonchev–Trinajstić information content (AvgIpc) is 2.71. The summed E-state index contributed by atoms with van der Waals surface area (Å²) >= 11 is 3.54. The van der Waals surface area contributed by atoms with Gasteiger partial charge < -0.3 is 15.0 Å². The molecule has 0 fully saturated rings. The molecule has 0 aromatic heterocycles. The van der Waals surface area contributed by atoms with Gasteiger partial charge in [0.2, 0.25) is 5.91 Å². The van der Waals surface area contributed by atoms with Crippen molar-refractivity contribution in [2.24, 2.45) is 0 Å². The van der Waals surface area contributed by atoms with Gasteiger partial charge in [0.15, 0.2) is 6.61 Å². The molecule has 0 saturated carbocycles. The number of hydrogen-bond acceptors (Lipinski definition) is 3. The monoisotopic (exact) mass is 474 g/mol. The zero-order chi connectivity index (χ0) is 22.3. The molecule has 30 heavy (non-hydrogen) atoms. The van der Waals surface area contributed by atoms with Crippen LogP contribution in [0.2, 0.25) is 0 Å². The molecule has 1 atom stereocenters. The quantitative estimate of drug-likeness (QED) is 0.572. The van der Waals surface area contributed by atoms with Gasteiger partial charge in [-0.15, -0.1) is 0 Å². The molecule has 0 saturated heterocycles. The topological polar surface area (TPSA) is 58.6 Å². The van der Waals surface area contributed by atoms with Crippen molar-refractivity contribution < 1.29 is 14.3 Å². The molecular weight excluding hydrogens is 444 g/mol. The van der Waals surface area contributed by atoms with Gasteiger partial charge in [-0.25, -0.2) is 0 Å². The third-order valence-electron chi connectivity index (χ3n) is 4.98. The van der Waals surface area contributed by atoms with Crippen LogP contribution in [0, 0.1) is 20.8 Å². The van der Waals surface area contributed by atoms with Gasteiger partial charge in [0.25, 0.3) is 5.91 Å². The Labute approximate surface area is 187 Å². The number of carbonyl (C=O) groups is 2. The molecule has 0 spiro atoms. The molecule has 0 aliphatic carbocycles. The Morgan fingerprint density at radius 3 is 2.20 bits per heavy atom. The van der Waals surface area contributed by atoms with E-state index in [1.165, 1.54) is 0 Å². The first-order valence-electron chi connectivity index (χ1n) is 10.3. The predicted octanol–water partition coefficient (Wildman–Crippen LogP) is 4.70. The maximum atomic E-state index is 13.1. The fourth-order valence-corrected chi connectivity index (χ4v) is 3.55. The first-order valence-corrected chi connectivity index (χ1v) is 11.1. The lowest BCUT2D eigenvalue weighted by Gasteiger charge is -2.30. The summed E-state index contributed by atoms with van der Waals surface area (Å²) in [5, 5.41) is 2.84. The summed E-state index contributed by atoms with van der Waals surface area (Å²) < 4.78 is 6.84. The van der Waals surface area contributed by atoms with Gasteiger partial charge in [0, 0.05) is 17.6 Å². The third kappa shape index (κ3) is 6.33. The summed E-state index contributed by atoms with van der Waals surface area (Å²) in [6.45, 7) is 10.5. The summed E-state index contributed by atoms with van der Waals surface area (Å²) in [5.74, 6) is 0.283. The fourth-order valence-electron chi connectivity index (χ4n) is 3.32. The highest BCUT2D eigenvalue weighted by molar-refractivity contribution is 9.10. The van der Waals surface area contributed by atoms with Crippen molar-refractivity contribution in [2.75, 3.05) is 13.2 Å². The number of likely N-dealkylation sites (N-methyl/N-ethyl adjacent to an activating group) is 1. The Balaban J connectivity index is 2.22. The van der Waals surface area contributed by atoms with Gasteiger partial charge in [0.1, 0.15) is 11.8 Å². The summed E-state index contributed by atoms with van der Waals surface area (Å²) in [6, 6.07) is 11.2. The van der Waals surface area contributed by atoms with Crippen LogP contribution in [-0.4, -0.2) is 35.9 Å². The molecule has 0 aliphatic rings. The van der Waals surface area contributed by atoms with Crippen LogP contribution < -0.4 is 10.1 Å². The van der Waals surface area contributed by atoms with Crippen LogP contribution in [0.4, 0.5) is 0 Å². The lowest BCUT2D eigenvalue weighted by atomic mass is 10.1. The Bertz CT molecular complexity index is 858. The second-order valence-electron chi connectivity index (χ2n) is 7.49. The van der Waals surface area contributed by atoms with E-state index in [4.69, 9.17) is 4.74 Å². The van der Waals surface area contributed by atoms with Crippen molar-refractivity contribution in [2.45, 2.75) is 53.6 Å². The van der Waals surface area contributed by atoms with Gasteiger partial charge in [-0.05, 0) is 62.9 Å². The van der Waals surface area contributed by atoms with Gasteiger partial charge in [-0.2, -0.15) is 0 Å². The van der Waals surface area contributed by atoms with E-state index in [1.54, 1.807) is 4.90 Å². The second-order valence-corrected chi connectivity index (χ2v) is 8.28. The van der Waals surface area contributed by atoms with Crippen LogP contribution >= 0.6 is 15.9 Å². The molecule has 2 aromatic carbocycles. The number of amides is 2. The maximum absolute atomic E-state index is 13.1. The molecule has 0 bridgehead atoms. The van der Waals surface area contributed by atoms with Crippen LogP contribution in [0.15, 0.2) is 40.9 Å². The predicted molar refractivity (Wildman–Crippen MR) is 124 cm³/mol. The van der Waals surface area contributed by atoms with E-state index in [2.05, 4.69) is 21.2 Å². The Kier molecular flexibility index (Phi) is 8.90. The Morgan fingerprint density at radius 1 is 1.07 bits per heavy atom. The van der Waals surface area contributed by atoms with Crippen LogP contribution in [0.5, 0.6) is 5.75 Å². The molecule has 2 rings (SSSR count).